The van der Waals surface area contributed by atoms with Gasteiger partial charge in [0.15, 0.2) is 11.5 Å². The number of carbonyl (C=O) groups is 1. The number of amides is 2. The molecule has 0 bridgehead atoms. The standard InChI is InChI=1S/C11H14N2O3/c1-7-5-9-10(16-4-3-15-9)6-8(7)13-11(14)12-2/h5-6H,3-4H2,1-2H3,(H2,12,13,14). The number of rotatable bonds is 1. The molecule has 0 unspecified atom stereocenters. The van der Waals surface area contributed by atoms with Crippen LogP contribution >= 0.6 is 0 Å². The molecule has 0 radical (unpaired) electrons. The first kappa shape index (κ1) is 10.6. The molecule has 0 atom stereocenters. The fourth-order valence-electron chi connectivity index (χ4n) is 1.51. The summed E-state index contributed by atoms with van der Waals surface area (Å²) in [6, 6.07) is 3.39. The lowest BCUT2D eigenvalue weighted by Crippen LogP contribution is -2.25. The number of anilines is 1. The van der Waals surface area contributed by atoms with Gasteiger partial charge in [0, 0.05) is 18.8 Å². The summed E-state index contributed by atoms with van der Waals surface area (Å²) in [4.78, 5) is 11.2. The molecule has 0 spiro atoms. The molecule has 86 valence electrons. The fraction of sp³-hybridized carbons (Fsp3) is 0.364. The molecule has 2 N–H and O–H groups in total. The molecular weight excluding hydrogens is 208 g/mol. The number of fused-ring (bicyclic) bond motifs is 1. The molecular formula is C11H14N2O3. The highest BCUT2D eigenvalue weighted by Crippen LogP contribution is 2.35. The minimum atomic E-state index is -0.250. The third kappa shape index (κ3) is 2.03. The Labute approximate surface area is 93.7 Å². The molecule has 2 rings (SSSR count). The topological polar surface area (TPSA) is 59.6 Å². The molecule has 0 fully saturated rings. The van der Waals surface area contributed by atoms with Gasteiger partial charge in [-0.3, -0.25) is 0 Å². The number of hydrogen-bond acceptors (Lipinski definition) is 3. The van der Waals surface area contributed by atoms with Gasteiger partial charge in [-0.25, -0.2) is 4.79 Å². The van der Waals surface area contributed by atoms with E-state index in [9.17, 15) is 4.79 Å². The van der Waals surface area contributed by atoms with E-state index in [1.807, 2.05) is 13.0 Å². The van der Waals surface area contributed by atoms with Gasteiger partial charge in [-0.15, -0.1) is 0 Å². The van der Waals surface area contributed by atoms with Crippen LogP contribution in [-0.4, -0.2) is 26.3 Å². The maximum Gasteiger partial charge on any atom is 0.318 e. The van der Waals surface area contributed by atoms with Gasteiger partial charge < -0.3 is 20.1 Å². The molecule has 0 aliphatic carbocycles. The number of urea groups is 1. The van der Waals surface area contributed by atoms with Gasteiger partial charge >= 0.3 is 6.03 Å². The van der Waals surface area contributed by atoms with Crippen LogP contribution in [0.4, 0.5) is 10.5 Å². The minimum Gasteiger partial charge on any atom is -0.486 e. The van der Waals surface area contributed by atoms with Crippen molar-refractivity contribution >= 4 is 11.7 Å². The van der Waals surface area contributed by atoms with E-state index in [2.05, 4.69) is 10.6 Å². The Kier molecular flexibility index (Phi) is 2.85. The van der Waals surface area contributed by atoms with E-state index in [0.717, 1.165) is 17.0 Å². The van der Waals surface area contributed by atoms with E-state index in [4.69, 9.17) is 9.47 Å². The Morgan fingerprint density at radius 2 is 1.88 bits per heavy atom. The second-order valence-electron chi connectivity index (χ2n) is 3.51. The average molecular weight is 222 g/mol. The van der Waals surface area contributed by atoms with E-state index in [1.54, 1.807) is 13.1 Å². The average Bonchev–Trinajstić information content (AvgIpc) is 2.30. The highest BCUT2D eigenvalue weighted by molar-refractivity contribution is 5.90. The number of nitrogens with one attached hydrogen (secondary N) is 2. The van der Waals surface area contributed by atoms with Crippen molar-refractivity contribution in [1.82, 2.24) is 5.32 Å². The zero-order chi connectivity index (χ0) is 11.5. The summed E-state index contributed by atoms with van der Waals surface area (Å²) in [5, 5.41) is 5.22. The highest BCUT2D eigenvalue weighted by atomic mass is 16.6. The number of ether oxygens (including phenoxy) is 2. The van der Waals surface area contributed by atoms with Crippen molar-refractivity contribution in [2.24, 2.45) is 0 Å². The first-order valence-corrected chi connectivity index (χ1v) is 5.09. The smallest absolute Gasteiger partial charge is 0.318 e. The minimum absolute atomic E-state index is 0.250. The Morgan fingerprint density at radius 3 is 2.50 bits per heavy atom. The molecule has 0 aromatic heterocycles. The molecule has 5 nitrogen and oxygen atoms in total. The van der Waals surface area contributed by atoms with Crippen LogP contribution in [0.5, 0.6) is 11.5 Å². The molecule has 1 heterocycles. The van der Waals surface area contributed by atoms with Crippen LogP contribution < -0.4 is 20.1 Å². The van der Waals surface area contributed by atoms with Crippen LogP contribution in [0.25, 0.3) is 0 Å². The van der Waals surface area contributed by atoms with Gasteiger partial charge in [0.05, 0.1) is 0 Å². The third-order valence-electron chi connectivity index (χ3n) is 2.36. The Bertz CT molecular complexity index is 418. The first-order valence-electron chi connectivity index (χ1n) is 5.09. The second kappa shape index (κ2) is 4.30. The summed E-state index contributed by atoms with van der Waals surface area (Å²) in [5.41, 5.74) is 1.66. The van der Waals surface area contributed by atoms with Crippen molar-refractivity contribution in [3.63, 3.8) is 0 Å². The SMILES string of the molecule is CNC(=O)Nc1cc2c(cc1C)OCCO2. The predicted octanol–water partition coefficient (Wildman–Crippen LogP) is 1.52. The number of carbonyl (C=O) groups excluding carboxylic acids is 1. The zero-order valence-electron chi connectivity index (χ0n) is 9.29. The van der Waals surface area contributed by atoms with Gasteiger partial charge in [0.1, 0.15) is 13.2 Å². The summed E-state index contributed by atoms with van der Waals surface area (Å²) in [6.45, 7) is 3.01. The lowest BCUT2D eigenvalue weighted by molar-refractivity contribution is 0.171. The van der Waals surface area contributed by atoms with Crippen LogP contribution in [0.2, 0.25) is 0 Å². The van der Waals surface area contributed by atoms with Crippen molar-refractivity contribution in [3.8, 4) is 11.5 Å². The van der Waals surface area contributed by atoms with Crippen molar-refractivity contribution in [3.05, 3.63) is 17.7 Å². The molecule has 16 heavy (non-hydrogen) atoms. The van der Waals surface area contributed by atoms with E-state index < -0.39 is 0 Å². The van der Waals surface area contributed by atoms with E-state index in [0.29, 0.717) is 19.0 Å². The van der Waals surface area contributed by atoms with E-state index >= 15 is 0 Å². The Hall–Kier alpha value is -1.91. The molecule has 1 aliphatic rings. The molecule has 1 aromatic rings. The molecule has 2 amide bonds. The van der Waals surface area contributed by atoms with Crippen LogP contribution in [-0.2, 0) is 0 Å². The van der Waals surface area contributed by atoms with Crippen molar-refractivity contribution < 1.29 is 14.3 Å². The van der Waals surface area contributed by atoms with Crippen LogP contribution in [0.3, 0.4) is 0 Å². The Morgan fingerprint density at radius 1 is 1.25 bits per heavy atom. The van der Waals surface area contributed by atoms with Crippen LogP contribution in [0.1, 0.15) is 5.56 Å². The predicted molar refractivity (Wildman–Crippen MR) is 60.2 cm³/mol. The number of benzene rings is 1. The fourth-order valence-corrected chi connectivity index (χ4v) is 1.51. The van der Waals surface area contributed by atoms with Gasteiger partial charge in [0.25, 0.3) is 0 Å². The monoisotopic (exact) mass is 222 g/mol. The maximum atomic E-state index is 11.2. The van der Waals surface area contributed by atoms with Gasteiger partial charge in [-0.1, -0.05) is 0 Å². The lowest BCUT2D eigenvalue weighted by atomic mass is 10.1. The first-order chi connectivity index (χ1) is 7.70. The molecule has 0 saturated carbocycles. The zero-order valence-corrected chi connectivity index (χ0v) is 9.29. The van der Waals surface area contributed by atoms with Crippen molar-refractivity contribution in [2.75, 3.05) is 25.6 Å². The summed E-state index contributed by atoms with van der Waals surface area (Å²) in [7, 11) is 1.57. The van der Waals surface area contributed by atoms with Crippen LogP contribution in [0.15, 0.2) is 12.1 Å². The summed E-state index contributed by atoms with van der Waals surface area (Å²) >= 11 is 0. The normalized spacial score (nSPS) is 13.1. The van der Waals surface area contributed by atoms with E-state index in [1.165, 1.54) is 0 Å². The van der Waals surface area contributed by atoms with Gasteiger partial charge in [-0.2, -0.15) is 0 Å². The lowest BCUT2D eigenvalue weighted by Gasteiger charge is -2.20. The van der Waals surface area contributed by atoms with Gasteiger partial charge in [-0.05, 0) is 18.6 Å². The van der Waals surface area contributed by atoms with Crippen LogP contribution in [0, 0.1) is 6.92 Å². The molecule has 5 heteroatoms. The Balaban J connectivity index is 2.28. The molecule has 1 aromatic carbocycles. The highest BCUT2D eigenvalue weighted by Gasteiger charge is 2.14. The third-order valence-corrected chi connectivity index (χ3v) is 2.36. The quantitative estimate of drug-likeness (QED) is 0.757. The summed E-state index contributed by atoms with van der Waals surface area (Å²) < 4.78 is 10.9. The number of hydrogen-bond donors (Lipinski definition) is 2. The summed E-state index contributed by atoms with van der Waals surface area (Å²) in [5.74, 6) is 1.40. The largest absolute Gasteiger partial charge is 0.486 e. The second-order valence-corrected chi connectivity index (χ2v) is 3.51. The van der Waals surface area contributed by atoms with Gasteiger partial charge in [0.2, 0.25) is 0 Å². The molecule has 1 aliphatic heterocycles. The van der Waals surface area contributed by atoms with Crippen molar-refractivity contribution in [1.29, 1.82) is 0 Å². The maximum absolute atomic E-state index is 11.2. The van der Waals surface area contributed by atoms with Crippen molar-refractivity contribution in [2.45, 2.75) is 6.92 Å². The number of aryl methyl sites for hydroxylation is 1. The molecule has 0 saturated heterocycles. The van der Waals surface area contributed by atoms with E-state index in [-0.39, 0.29) is 6.03 Å². The summed E-state index contributed by atoms with van der Waals surface area (Å²) in [6.07, 6.45) is 0.